The van der Waals surface area contributed by atoms with E-state index in [0.717, 1.165) is 25.7 Å². The first-order chi connectivity index (χ1) is 11.8. The van der Waals surface area contributed by atoms with Crippen molar-refractivity contribution in [1.29, 1.82) is 0 Å². The molecule has 0 aliphatic heterocycles. The van der Waals surface area contributed by atoms with Crippen LogP contribution in [0.1, 0.15) is 46.5 Å². The highest BCUT2D eigenvalue weighted by molar-refractivity contribution is 5.80. The molecule has 7 heteroatoms. The summed E-state index contributed by atoms with van der Waals surface area (Å²) in [6.07, 6.45) is 3.17. The highest BCUT2D eigenvalue weighted by Gasteiger charge is 2.33. The lowest BCUT2D eigenvalue weighted by Gasteiger charge is -2.36. The van der Waals surface area contributed by atoms with Gasteiger partial charge in [0.25, 0.3) is 0 Å². The van der Waals surface area contributed by atoms with Gasteiger partial charge in [0, 0.05) is 25.6 Å². The van der Waals surface area contributed by atoms with Crippen LogP contribution in [-0.4, -0.2) is 56.9 Å². The van der Waals surface area contributed by atoms with Gasteiger partial charge in [0.05, 0.1) is 18.8 Å². The Morgan fingerprint density at radius 1 is 1.20 bits per heavy atom. The Kier molecular flexibility index (Phi) is 9.38. The molecule has 146 valence electrons. The molecule has 0 heterocycles. The molecule has 1 aliphatic carbocycles. The van der Waals surface area contributed by atoms with E-state index in [1.165, 1.54) is 0 Å². The van der Waals surface area contributed by atoms with Crippen molar-refractivity contribution in [2.75, 3.05) is 33.5 Å². The molecule has 1 saturated carbocycles. The lowest BCUT2D eigenvalue weighted by atomic mass is 9.83. The Bertz CT molecular complexity index is 423. The normalized spacial score (nSPS) is 23.1. The standard InChI is InChI=1S/C18H35N3O4/c1-13(2)18(3,12-19)21-17(23)14-5-7-15(8-6-14)20-16(22)11-25-10-9-24-4/h13-15H,5-12,19H2,1-4H3,(H,20,22)(H,21,23). The molecule has 25 heavy (non-hydrogen) atoms. The zero-order valence-corrected chi connectivity index (χ0v) is 16.1. The second kappa shape index (κ2) is 10.7. The van der Waals surface area contributed by atoms with Gasteiger partial charge in [-0.1, -0.05) is 13.8 Å². The monoisotopic (exact) mass is 357 g/mol. The van der Waals surface area contributed by atoms with Gasteiger partial charge >= 0.3 is 0 Å². The van der Waals surface area contributed by atoms with Crippen LogP contribution in [0.15, 0.2) is 0 Å². The molecule has 0 saturated heterocycles. The number of ether oxygens (including phenoxy) is 2. The van der Waals surface area contributed by atoms with E-state index >= 15 is 0 Å². The summed E-state index contributed by atoms with van der Waals surface area (Å²) in [5.74, 6) is 0.236. The van der Waals surface area contributed by atoms with E-state index in [1.807, 2.05) is 6.92 Å². The van der Waals surface area contributed by atoms with E-state index in [4.69, 9.17) is 15.2 Å². The van der Waals surface area contributed by atoms with Crippen LogP contribution in [-0.2, 0) is 19.1 Å². The van der Waals surface area contributed by atoms with E-state index in [-0.39, 0.29) is 41.8 Å². The summed E-state index contributed by atoms with van der Waals surface area (Å²) in [7, 11) is 1.59. The van der Waals surface area contributed by atoms with Gasteiger partial charge in [0.2, 0.25) is 11.8 Å². The minimum atomic E-state index is -0.373. The smallest absolute Gasteiger partial charge is 0.246 e. The maximum atomic E-state index is 12.5. The van der Waals surface area contributed by atoms with Crippen molar-refractivity contribution in [3.05, 3.63) is 0 Å². The number of rotatable bonds is 10. The summed E-state index contributed by atoms with van der Waals surface area (Å²) in [6.45, 7) is 7.48. The number of hydrogen-bond donors (Lipinski definition) is 3. The molecule has 0 aromatic heterocycles. The Hall–Kier alpha value is -1.18. The number of nitrogens with two attached hydrogens (primary N) is 1. The van der Waals surface area contributed by atoms with Crippen LogP contribution in [0.3, 0.4) is 0 Å². The van der Waals surface area contributed by atoms with E-state index in [1.54, 1.807) is 7.11 Å². The third-order valence-electron chi connectivity index (χ3n) is 5.24. The third kappa shape index (κ3) is 7.30. The van der Waals surface area contributed by atoms with Gasteiger partial charge in [0.15, 0.2) is 0 Å². The summed E-state index contributed by atoms with van der Waals surface area (Å²) in [5, 5.41) is 6.10. The van der Waals surface area contributed by atoms with Crippen LogP contribution < -0.4 is 16.4 Å². The predicted octanol–water partition coefficient (Wildman–Crippen LogP) is 0.814. The Morgan fingerprint density at radius 3 is 2.36 bits per heavy atom. The molecule has 2 amide bonds. The van der Waals surface area contributed by atoms with Crippen LogP contribution in [0.25, 0.3) is 0 Å². The Labute approximate surface area is 151 Å². The van der Waals surface area contributed by atoms with Gasteiger partial charge < -0.3 is 25.8 Å². The summed E-state index contributed by atoms with van der Waals surface area (Å²) in [6, 6.07) is 0.119. The number of amides is 2. The van der Waals surface area contributed by atoms with Crippen molar-refractivity contribution in [1.82, 2.24) is 10.6 Å². The molecule has 0 bridgehead atoms. The van der Waals surface area contributed by atoms with Crippen molar-refractivity contribution in [3.8, 4) is 0 Å². The van der Waals surface area contributed by atoms with E-state index in [2.05, 4.69) is 24.5 Å². The van der Waals surface area contributed by atoms with Crippen molar-refractivity contribution in [2.45, 2.75) is 58.0 Å². The van der Waals surface area contributed by atoms with Crippen LogP contribution in [0.4, 0.5) is 0 Å². The molecule has 7 nitrogen and oxygen atoms in total. The largest absolute Gasteiger partial charge is 0.382 e. The van der Waals surface area contributed by atoms with Gasteiger partial charge in [-0.3, -0.25) is 9.59 Å². The lowest BCUT2D eigenvalue weighted by Crippen LogP contribution is -2.56. The zero-order valence-electron chi connectivity index (χ0n) is 16.1. The molecule has 0 aromatic carbocycles. The van der Waals surface area contributed by atoms with E-state index < -0.39 is 0 Å². The first kappa shape index (κ1) is 21.9. The Morgan fingerprint density at radius 2 is 1.84 bits per heavy atom. The minimum Gasteiger partial charge on any atom is -0.382 e. The fourth-order valence-corrected chi connectivity index (χ4v) is 2.89. The molecule has 1 aliphatic rings. The number of methoxy groups -OCH3 is 1. The van der Waals surface area contributed by atoms with Crippen molar-refractivity contribution < 1.29 is 19.1 Å². The number of hydrogen-bond acceptors (Lipinski definition) is 5. The topological polar surface area (TPSA) is 103 Å². The second-order valence-electron chi connectivity index (χ2n) is 7.43. The van der Waals surface area contributed by atoms with Gasteiger partial charge in [-0.25, -0.2) is 0 Å². The van der Waals surface area contributed by atoms with E-state index in [0.29, 0.717) is 19.8 Å². The van der Waals surface area contributed by atoms with Crippen molar-refractivity contribution in [3.63, 3.8) is 0 Å². The summed E-state index contributed by atoms with van der Waals surface area (Å²) >= 11 is 0. The van der Waals surface area contributed by atoms with Crippen LogP contribution >= 0.6 is 0 Å². The number of nitrogens with one attached hydrogen (secondary N) is 2. The molecular weight excluding hydrogens is 322 g/mol. The van der Waals surface area contributed by atoms with E-state index in [9.17, 15) is 9.59 Å². The molecule has 0 spiro atoms. The summed E-state index contributed by atoms with van der Waals surface area (Å²) in [5.41, 5.74) is 5.47. The molecule has 4 N–H and O–H groups in total. The minimum absolute atomic E-state index is 0.00395. The van der Waals surface area contributed by atoms with Gasteiger partial charge in [-0.05, 0) is 38.5 Å². The van der Waals surface area contributed by atoms with Crippen LogP contribution in [0.5, 0.6) is 0 Å². The molecule has 0 aromatic rings. The zero-order chi connectivity index (χ0) is 18.9. The first-order valence-corrected chi connectivity index (χ1v) is 9.20. The van der Waals surface area contributed by atoms with Crippen molar-refractivity contribution in [2.24, 2.45) is 17.6 Å². The van der Waals surface area contributed by atoms with Crippen molar-refractivity contribution >= 4 is 11.8 Å². The average Bonchev–Trinajstić information content (AvgIpc) is 2.59. The van der Waals surface area contributed by atoms with Gasteiger partial charge in [-0.2, -0.15) is 0 Å². The Balaban J connectivity index is 2.33. The van der Waals surface area contributed by atoms with Gasteiger partial charge in [0.1, 0.15) is 6.61 Å². The molecule has 1 fully saturated rings. The van der Waals surface area contributed by atoms with Crippen LogP contribution in [0, 0.1) is 11.8 Å². The maximum Gasteiger partial charge on any atom is 0.246 e. The average molecular weight is 357 g/mol. The molecule has 1 atom stereocenters. The maximum absolute atomic E-state index is 12.5. The molecule has 0 radical (unpaired) electrons. The summed E-state index contributed by atoms with van der Waals surface area (Å²) < 4.78 is 10.1. The van der Waals surface area contributed by atoms with Gasteiger partial charge in [-0.15, -0.1) is 0 Å². The first-order valence-electron chi connectivity index (χ1n) is 9.20. The third-order valence-corrected chi connectivity index (χ3v) is 5.24. The fourth-order valence-electron chi connectivity index (χ4n) is 2.89. The predicted molar refractivity (Wildman–Crippen MR) is 97.0 cm³/mol. The summed E-state index contributed by atoms with van der Waals surface area (Å²) in [4.78, 5) is 24.3. The SMILES string of the molecule is COCCOCC(=O)NC1CCC(C(=O)NC(C)(CN)C(C)C)CC1. The van der Waals surface area contributed by atoms with Crippen LogP contribution in [0.2, 0.25) is 0 Å². The fraction of sp³-hybridized carbons (Fsp3) is 0.889. The second-order valence-corrected chi connectivity index (χ2v) is 7.43. The number of carbonyl (C=O) groups excluding carboxylic acids is 2. The highest BCUT2D eigenvalue weighted by Crippen LogP contribution is 2.26. The molecule has 1 unspecified atom stereocenters. The molecule has 1 rings (SSSR count). The highest BCUT2D eigenvalue weighted by atomic mass is 16.5. The number of carbonyl (C=O) groups is 2. The quantitative estimate of drug-likeness (QED) is 0.502. The molecular formula is C18H35N3O4. The lowest BCUT2D eigenvalue weighted by molar-refractivity contribution is -0.128.